The lowest BCUT2D eigenvalue weighted by atomic mass is 10.2. The molecule has 0 bridgehead atoms. The molecule has 1 amide bonds. The van der Waals surface area contributed by atoms with Crippen molar-refractivity contribution in [3.05, 3.63) is 45.2 Å². The predicted molar refractivity (Wildman–Crippen MR) is 82.0 cm³/mol. The first-order valence-electron chi connectivity index (χ1n) is 6.28. The van der Waals surface area contributed by atoms with Gasteiger partial charge in [-0.25, -0.2) is 4.79 Å². The summed E-state index contributed by atoms with van der Waals surface area (Å²) in [6.45, 7) is 3.92. The molecular formula is C14H15Cl2N3O2. The summed E-state index contributed by atoms with van der Waals surface area (Å²) in [5, 5.41) is 7.76. The number of hydrogen-bond acceptors (Lipinski definition) is 3. The van der Waals surface area contributed by atoms with Crippen molar-refractivity contribution in [1.82, 2.24) is 15.1 Å². The summed E-state index contributed by atoms with van der Waals surface area (Å²) >= 11 is 11.8. The van der Waals surface area contributed by atoms with Crippen LogP contribution >= 0.6 is 23.2 Å². The molecule has 0 aliphatic heterocycles. The number of aryl methyl sites for hydroxylation is 2. The Labute approximate surface area is 132 Å². The fourth-order valence-electron chi connectivity index (χ4n) is 1.85. The molecule has 2 aromatic rings. The molecule has 0 radical (unpaired) electrons. The molecule has 2 rings (SSSR count). The molecule has 0 saturated heterocycles. The topological polar surface area (TPSA) is 56.2 Å². The number of rotatable bonds is 3. The van der Waals surface area contributed by atoms with Gasteiger partial charge in [0.15, 0.2) is 5.75 Å². The van der Waals surface area contributed by atoms with E-state index in [2.05, 4.69) is 10.4 Å². The van der Waals surface area contributed by atoms with E-state index in [1.807, 2.05) is 6.92 Å². The zero-order valence-electron chi connectivity index (χ0n) is 11.9. The molecular weight excluding hydrogens is 313 g/mol. The van der Waals surface area contributed by atoms with Crippen LogP contribution in [0.4, 0.5) is 4.79 Å². The standard InChI is InChI=1S/C14H15Cl2N3O2/c1-8-13(9(2)19(3)18-8)21-14(20)17-7-10-4-5-11(15)12(16)6-10/h4-6H,7H2,1-3H3,(H,17,20). The second kappa shape index (κ2) is 6.37. The van der Waals surface area contributed by atoms with E-state index in [-0.39, 0.29) is 0 Å². The Bertz CT molecular complexity index is 683. The van der Waals surface area contributed by atoms with E-state index < -0.39 is 6.09 Å². The maximum Gasteiger partial charge on any atom is 0.413 e. The van der Waals surface area contributed by atoms with Gasteiger partial charge in [0, 0.05) is 13.6 Å². The number of amides is 1. The maximum atomic E-state index is 11.8. The molecule has 0 fully saturated rings. The van der Waals surface area contributed by atoms with Crippen molar-refractivity contribution >= 4 is 29.3 Å². The minimum atomic E-state index is -0.541. The number of carbonyl (C=O) groups is 1. The summed E-state index contributed by atoms with van der Waals surface area (Å²) in [6.07, 6.45) is -0.541. The van der Waals surface area contributed by atoms with Gasteiger partial charge >= 0.3 is 6.09 Å². The van der Waals surface area contributed by atoms with E-state index >= 15 is 0 Å². The van der Waals surface area contributed by atoms with Gasteiger partial charge in [-0.3, -0.25) is 4.68 Å². The van der Waals surface area contributed by atoms with Gasteiger partial charge < -0.3 is 10.1 Å². The first-order chi connectivity index (χ1) is 9.88. The lowest BCUT2D eigenvalue weighted by molar-refractivity contribution is 0.199. The Morgan fingerprint density at radius 1 is 1.33 bits per heavy atom. The van der Waals surface area contributed by atoms with Gasteiger partial charge in [-0.15, -0.1) is 0 Å². The number of ether oxygens (including phenoxy) is 1. The molecule has 112 valence electrons. The number of aromatic nitrogens is 2. The molecule has 21 heavy (non-hydrogen) atoms. The number of carbonyl (C=O) groups excluding carboxylic acids is 1. The van der Waals surface area contributed by atoms with Crippen molar-refractivity contribution in [2.45, 2.75) is 20.4 Å². The maximum absolute atomic E-state index is 11.8. The van der Waals surface area contributed by atoms with Crippen molar-refractivity contribution in [3.63, 3.8) is 0 Å². The van der Waals surface area contributed by atoms with Crippen LogP contribution in [-0.4, -0.2) is 15.9 Å². The summed E-state index contributed by atoms with van der Waals surface area (Å²) in [7, 11) is 1.79. The molecule has 0 spiro atoms. The lowest BCUT2D eigenvalue weighted by Gasteiger charge is -2.07. The molecule has 1 N–H and O–H groups in total. The van der Waals surface area contributed by atoms with Crippen LogP contribution in [0.2, 0.25) is 10.0 Å². The van der Waals surface area contributed by atoms with Gasteiger partial charge in [0.25, 0.3) is 0 Å². The summed E-state index contributed by atoms with van der Waals surface area (Å²) in [5.74, 6) is 0.476. The molecule has 0 aliphatic rings. The monoisotopic (exact) mass is 327 g/mol. The molecule has 0 unspecified atom stereocenters. The molecule has 7 heteroatoms. The third-order valence-electron chi connectivity index (χ3n) is 3.06. The Balaban J connectivity index is 1.97. The van der Waals surface area contributed by atoms with Gasteiger partial charge in [-0.05, 0) is 31.5 Å². The fraction of sp³-hybridized carbons (Fsp3) is 0.286. The Morgan fingerprint density at radius 2 is 2.05 bits per heavy atom. The summed E-state index contributed by atoms with van der Waals surface area (Å²) in [6, 6.07) is 5.17. The van der Waals surface area contributed by atoms with Gasteiger partial charge in [-0.2, -0.15) is 5.10 Å². The van der Waals surface area contributed by atoms with E-state index in [0.29, 0.717) is 28.0 Å². The molecule has 1 heterocycles. The van der Waals surface area contributed by atoms with E-state index in [1.165, 1.54) is 0 Å². The highest BCUT2D eigenvalue weighted by Gasteiger charge is 2.14. The number of nitrogens with zero attached hydrogens (tertiary/aromatic N) is 2. The highest BCUT2D eigenvalue weighted by molar-refractivity contribution is 6.42. The smallest absolute Gasteiger partial charge is 0.406 e. The number of nitrogens with one attached hydrogen (secondary N) is 1. The van der Waals surface area contributed by atoms with Gasteiger partial charge in [-0.1, -0.05) is 29.3 Å². The van der Waals surface area contributed by atoms with E-state index in [0.717, 1.165) is 11.3 Å². The third kappa shape index (κ3) is 3.68. The summed E-state index contributed by atoms with van der Waals surface area (Å²) in [5.41, 5.74) is 2.29. The summed E-state index contributed by atoms with van der Waals surface area (Å²) in [4.78, 5) is 11.8. The van der Waals surface area contributed by atoms with Crippen LogP contribution < -0.4 is 10.1 Å². The second-order valence-corrected chi connectivity index (χ2v) is 5.43. The first-order valence-corrected chi connectivity index (χ1v) is 7.04. The van der Waals surface area contributed by atoms with Crippen LogP contribution in [0.1, 0.15) is 17.0 Å². The van der Waals surface area contributed by atoms with Crippen molar-refractivity contribution < 1.29 is 9.53 Å². The lowest BCUT2D eigenvalue weighted by Crippen LogP contribution is -2.26. The molecule has 0 atom stereocenters. The summed E-state index contributed by atoms with van der Waals surface area (Å²) < 4.78 is 6.94. The number of benzene rings is 1. The fourth-order valence-corrected chi connectivity index (χ4v) is 2.18. The number of halogens is 2. The van der Waals surface area contributed by atoms with E-state index in [1.54, 1.807) is 36.9 Å². The highest BCUT2D eigenvalue weighted by Crippen LogP contribution is 2.23. The van der Waals surface area contributed by atoms with Gasteiger partial charge in [0.1, 0.15) is 5.69 Å². The van der Waals surface area contributed by atoms with Crippen LogP contribution in [0.3, 0.4) is 0 Å². The predicted octanol–water partition coefficient (Wildman–Crippen LogP) is 3.63. The average Bonchev–Trinajstić information content (AvgIpc) is 2.67. The Morgan fingerprint density at radius 3 is 2.62 bits per heavy atom. The zero-order valence-corrected chi connectivity index (χ0v) is 13.4. The molecule has 5 nitrogen and oxygen atoms in total. The van der Waals surface area contributed by atoms with Crippen LogP contribution in [0, 0.1) is 13.8 Å². The normalized spacial score (nSPS) is 10.5. The minimum Gasteiger partial charge on any atom is -0.406 e. The van der Waals surface area contributed by atoms with Crippen molar-refractivity contribution in [1.29, 1.82) is 0 Å². The van der Waals surface area contributed by atoms with Crippen LogP contribution in [-0.2, 0) is 13.6 Å². The average molecular weight is 328 g/mol. The number of hydrogen-bond donors (Lipinski definition) is 1. The van der Waals surface area contributed by atoms with E-state index in [9.17, 15) is 4.79 Å². The Hall–Kier alpha value is -1.72. The molecule has 0 saturated carbocycles. The third-order valence-corrected chi connectivity index (χ3v) is 3.80. The molecule has 1 aromatic heterocycles. The quantitative estimate of drug-likeness (QED) is 0.936. The SMILES string of the molecule is Cc1nn(C)c(C)c1OC(=O)NCc1ccc(Cl)c(Cl)c1. The molecule has 0 aliphatic carbocycles. The van der Waals surface area contributed by atoms with Crippen LogP contribution in [0.5, 0.6) is 5.75 Å². The zero-order chi connectivity index (χ0) is 15.6. The second-order valence-electron chi connectivity index (χ2n) is 4.62. The molecule has 1 aromatic carbocycles. The van der Waals surface area contributed by atoms with Gasteiger partial charge in [0.05, 0.1) is 15.7 Å². The Kier molecular flexibility index (Phi) is 4.75. The van der Waals surface area contributed by atoms with E-state index in [4.69, 9.17) is 27.9 Å². The van der Waals surface area contributed by atoms with Crippen molar-refractivity contribution in [2.24, 2.45) is 7.05 Å². The van der Waals surface area contributed by atoms with Crippen molar-refractivity contribution in [3.8, 4) is 5.75 Å². The van der Waals surface area contributed by atoms with Crippen LogP contribution in [0.15, 0.2) is 18.2 Å². The minimum absolute atomic E-state index is 0.300. The van der Waals surface area contributed by atoms with Gasteiger partial charge in [0.2, 0.25) is 0 Å². The first kappa shape index (κ1) is 15.7. The largest absolute Gasteiger partial charge is 0.413 e. The van der Waals surface area contributed by atoms with Crippen molar-refractivity contribution in [2.75, 3.05) is 0 Å². The van der Waals surface area contributed by atoms with Crippen LogP contribution in [0.25, 0.3) is 0 Å². The highest BCUT2D eigenvalue weighted by atomic mass is 35.5.